The van der Waals surface area contributed by atoms with Crippen molar-refractivity contribution < 1.29 is 19.9 Å². The molecule has 1 atom stereocenters. The summed E-state index contributed by atoms with van der Waals surface area (Å²) in [6.45, 7) is -0.0444. The molecule has 17 heavy (non-hydrogen) atoms. The van der Waals surface area contributed by atoms with Crippen LogP contribution in [0.1, 0.15) is 6.42 Å². The zero-order valence-electron chi connectivity index (χ0n) is 8.74. The van der Waals surface area contributed by atoms with Crippen molar-refractivity contribution in [1.82, 2.24) is 0 Å². The van der Waals surface area contributed by atoms with E-state index >= 15 is 0 Å². The number of phenols is 1. The smallest absolute Gasteiger partial charge is 0.296 e. The van der Waals surface area contributed by atoms with Crippen LogP contribution in [0.15, 0.2) is 18.2 Å². The second-order valence-electron chi connectivity index (χ2n) is 3.76. The van der Waals surface area contributed by atoms with Crippen molar-refractivity contribution in [3.05, 3.63) is 28.3 Å². The Labute approximate surface area is 96.0 Å². The van der Waals surface area contributed by atoms with Crippen LogP contribution in [0.25, 0.3) is 0 Å². The molecule has 2 rings (SSSR count). The zero-order chi connectivity index (χ0) is 12.6. The molecule has 1 heterocycles. The first kappa shape index (κ1) is 11.3. The molecule has 1 fully saturated rings. The van der Waals surface area contributed by atoms with Gasteiger partial charge in [-0.05, 0) is 6.07 Å². The normalized spacial score (nSPS) is 19.7. The van der Waals surface area contributed by atoms with Gasteiger partial charge in [0, 0.05) is 6.07 Å². The van der Waals surface area contributed by atoms with Crippen LogP contribution in [0.2, 0.25) is 0 Å². The summed E-state index contributed by atoms with van der Waals surface area (Å²) in [5.74, 6) is -0.788. The fraction of sp³-hybridized carbons (Fsp3) is 0.300. The maximum atomic E-state index is 11.5. The molecule has 1 saturated heterocycles. The first-order valence-electron chi connectivity index (χ1n) is 4.95. The van der Waals surface area contributed by atoms with E-state index in [2.05, 4.69) is 0 Å². The van der Waals surface area contributed by atoms with Crippen molar-refractivity contribution in [3.8, 4) is 5.75 Å². The number of benzene rings is 1. The lowest BCUT2D eigenvalue weighted by molar-refractivity contribution is -0.384. The fourth-order valence-electron chi connectivity index (χ4n) is 1.85. The van der Waals surface area contributed by atoms with Crippen molar-refractivity contribution in [2.24, 2.45) is 0 Å². The van der Waals surface area contributed by atoms with Crippen LogP contribution in [0.4, 0.5) is 11.4 Å². The minimum atomic E-state index is -0.860. The van der Waals surface area contributed by atoms with Gasteiger partial charge in [-0.15, -0.1) is 0 Å². The highest BCUT2D eigenvalue weighted by molar-refractivity contribution is 5.99. The number of anilines is 1. The van der Waals surface area contributed by atoms with E-state index in [0.717, 1.165) is 4.90 Å². The molecule has 1 aliphatic rings. The molecule has 0 aromatic heterocycles. The summed E-state index contributed by atoms with van der Waals surface area (Å²) in [7, 11) is 0. The van der Waals surface area contributed by atoms with Crippen LogP contribution in [0.3, 0.4) is 0 Å². The van der Waals surface area contributed by atoms with Crippen LogP contribution in [0.5, 0.6) is 5.75 Å². The topological polar surface area (TPSA) is 104 Å². The Morgan fingerprint density at radius 3 is 2.71 bits per heavy atom. The molecule has 0 aliphatic carbocycles. The predicted molar refractivity (Wildman–Crippen MR) is 57.7 cm³/mol. The van der Waals surface area contributed by atoms with Crippen molar-refractivity contribution in [2.45, 2.75) is 12.5 Å². The number of amides is 1. The van der Waals surface area contributed by atoms with Crippen LogP contribution < -0.4 is 4.90 Å². The molecule has 7 nitrogen and oxygen atoms in total. The molecule has 1 aromatic rings. The summed E-state index contributed by atoms with van der Waals surface area (Å²) in [5.41, 5.74) is -0.508. The molecule has 0 bridgehead atoms. The second-order valence-corrected chi connectivity index (χ2v) is 3.76. The number of phenolic OH excluding ortho intramolecular Hbond substituents is 1. The number of carbonyl (C=O) groups excluding carboxylic acids is 1. The lowest BCUT2D eigenvalue weighted by atomic mass is 10.2. The molecule has 1 aromatic carbocycles. The predicted octanol–water partition coefficient (Wildman–Crippen LogP) is 0.398. The van der Waals surface area contributed by atoms with Crippen LogP contribution in [0, 0.1) is 10.1 Å². The fourth-order valence-corrected chi connectivity index (χ4v) is 1.85. The molecule has 7 heteroatoms. The van der Waals surface area contributed by atoms with E-state index in [0.29, 0.717) is 0 Å². The van der Waals surface area contributed by atoms with Gasteiger partial charge in [0.05, 0.1) is 24.0 Å². The summed E-state index contributed by atoms with van der Waals surface area (Å²) in [6.07, 6.45) is -0.951. The molecule has 1 unspecified atom stereocenters. The Kier molecular flexibility index (Phi) is 2.68. The lowest BCUT2D eigenvalue weighted by Gasteiger charge is -2.16. The first-order valence-corrected chi connectivity index (χ1v) is 4.95. The molecule has 1 amide bonds. The Morgan fingerprint density at radius 1 is 1.47 bits per heavy atom. The summed E-state index contributed by atoms with van der Waals surface area (Å²) in [4.78, 5) is 22.7. The maximum absolute atomic E-state index is 11.5. The van der Waals surface area contributed by atoms with Gasteiger partial charge in [0.2, 0.25) is 5.91 Å². The number of hydrogen-bond donors (Lipinski definition) is 2. The van der Waals surface area contributed by atoms with Crippen LogP contribution in [-0.2, 0) is 4.79 Å². The quantitative estimate of drug-likeness (QED) is 0.573. The maximum Gasteiger partial charge on any atom is 0.296 e. The summed E-state index contributed by atoms with van der Waals surface area (Å²) in [6, 6.07) is 3.79. The van der Waals surface area contributed by atoms with Gasteiger partial charge in [-0.1, -0.05) is 6.07 Å². The van der Waals surface area contributed by atoms with E-state index in [-0.39, 0.29) is 30.1 Å². The largest absolute Gasteiger partial charge is 0.505 e. The number of aromatic hydroxyl groups is 1. The Balaban J connectivity index is 2.51. The third-order valence-electron chi connectivity index (χ3n) is 2.56. The van der Waals surface area contributed by atoms with Gasteiger partial charge in [-0.25, -0.2) is 0 Å². The van der Waals surface area contributed by atoms with Crippen LogP contribution in [-0.4, -0.2) is 33.7 Å². The zero-order valence-corrected chi connectivity index (χ0v) is 8.74. The third-order valence-corrected chi connectivity index (χ3v) is 2.56. The average Bonchev–Trinajstić information content (AvgIpc) is 2.57. The van der Waals surface area contributed by atoms with E-state index in [1.165, 1.54) is 18.2 Å². The van der Waals surface area contributed by atoms with Gasteiger partial charge in [0.15, 0.2) is 5.69 Å². The third kappa shape index (κ3) is 1.92. The molecule has 0 radical (unpaired) electrons. The van der Waals surface area contributed by atoms with Crippen molar-refractivity contribution in [2.75, 3.05) is 11.4 Å². The molecule has 90 valence electrons. The molecular weight excluding hydrogens is 228 g/mol. The molecule has 0 saturated carbocycles. The highest BCUT2D eigenvalue weighted by Crippen LogP contribution is 2.38. The number of aliphatic hydroxyl groups excluding tert-OH is 1. The summed E-state index contributed by atoms with van der Waals surface area (Å²) in [5, 5.41) is 29.8. The van der Waals surface area contributed by atoms with Gasteiger partial charge in [-0.3, -0.25) is 14.9 Å². The molecule has 1 aliphatic heterocycles. The lowest BCUT2D eigenvalue weighted by Crippen LogP contribution is -2.26. The Morgan fingerprint density at radius 2 is 2.18 bits per heavy atom. The summed E-state index contributed by atoms with van der Waals surface area (Å²) >= 11 is 0. The van der Waals surface area contributed by atoms with Crippen LogP contribution >= 0.6 is 0 Å². The number of nitrogens with zero attached hydrogens (tertiary/aromatic N) is 2. The van der Waals surface area contributed by atoms with Gasteiger partial charge < -0.3 is 15.1 Å². The number of hydrogen-bond acceptors (Lipinski definition) is 5. The molecule has 2 N–H and O–H groups in total. The van der Waals surface area contributed by atoms with Crippen molar-refractivity contribution in [3.63, 3.8) is 0 Å². The number of nitro groups is 1. The van der Waals surface area contributed by atoms with Gasteiger partial charge >= 0.3 is 0 Å². The van der Waals surface area contributed by atoms with Crippen molar-refractivity contribution in [1.29, 1.82) is 0 Å². The SMILES string of the molecule is O=C1CC(O)CN1c1c(O)cccc1[N+](=O)[O-]. The van der Waals surface area contributed by atoms with E-state index in [4.69, 9.17) is 0 Å². The number of rotatable bonds is 2. The second kappa shape index (κ2) is 4.02. The summed E-state index contributed by atoms with van der Waals surface area (Å²) < 4.78 is 0. The highest BCUT2D eigenvalue weighted by atomic mass is 16.6. The Hall–Kier alpha value is -2.15. The van der Waals surface area contributed by atoms with Gasteiger partial charge in [0.25, 0.3) is 5.69 Å². The monoisotopic (exact) mass is 238 g/mol. The minimum Gasteiger partial charge on any atom is -0.505 e. The van der Waals surface area contributed by atoms with E-state index < -0.39 is 16.9 Å². The number of aliphatic hydroxyl groups is 1. The van der Waals surface area contributed by atoms with E-state index in [1.54, 1.807) is 0 Å². The minimum absolute atomic E-state index is 0.0444. The first-order chi connectivity index (χ1) is 8.00. The van der Waals surface area contributed by atoms with E-state index in [9.17, 15) is 25.1 Å². The number of para-hydroxylation sites is 1. The number of carbonyl (C=O) groups is 1. The molecular formula is C10H10N2O5. The van der Waals surface area contributed by atoms with E-state index in [1.807, 2.05) is 0 Å². The van der Waals surface area contributed by atoms with Crippen molar-refractivity contribution >= 4 is 17.3 Å². The molecule has 0 spiro atoms. The number of nitro benzene ring substituents is 1. The highest BCUT2D eigenvalue weighted by Gasteiger charge is 2.35. The number of β-amino-alcohol motifs (C(OH)–C–C–N with tert-alkyl or cyclic N) is 1. The van der Waals surface area contributed by atoms with Gasteiger partial charge in [0.1, 0.15) is 5.75 Å². The standard InChI is InChI=1S/C10H10N2O5/c13-6-4-9(15)11(5-6)10-7(12(16)17)2-1-3-8(10)14/h1-3,6,13-14H,4-5H2. The Bertz CT molecular complexity index is 488. The van der Waals surface area contributed by atoms with Gasteiger partial charge in [-0.2, -0.15) is 0 Å². The average molecular weight is 238 g/mol.